The number of methoxy groups -OCH3 is 1. The molecule has 30 heavy (non-hydrogen) atoms. The Balaban J connectivity index is 1.83. The summed E-state index contributed by atoms with van der Waals surface area (Å²) in [7, 11) is 1.37. The molecule has 0 amide bonds. The van der Waals surface area contributed by atoms with Crippen LogP contribution >= 0.6 is 23.1 Å². The number of benzene rings is 1. The van der Waals surface area contributed by atoms with Gasteiger partial charge in [-0.1, -0.05) is 36.9 Å². The lowest BCUT2D eigenvalue weighted by Gasteiger charge is -2.17. The Labute approximate surface area is 180 Å². The highest BCUT2D eigenvalue weighted by molar-refractivity contribution is 7.99. The molecule has 1 aliphatic carbocycles. The fraction of sp³-hybridized carbons (Fsp3) is 0.333. The van der Waals surface area contributed by atoms with Gasteiger partial charge in [0.2, 0.25) is 5.78 Å². The minimum atomic E-state index is -0.330. The lowest BCUT2D eigenvalue weighted by Crippen LogP contribution is -2.22. The monoisotopic (exact) mass is 440 g/mol. The van der Waals surface area contributed by atoms with Crippen LogP contribution in [0.3, 0.4) is 0 Å². The summed E-state index contributed by atoms with van der Waals surface area (Å²) in [5.74, 6) is 0.860. The van der Waals surface area contributed by atoms with E-state index >= 15 is 0 Å². The number of esters is 1. The smallest absolute Gasteiger partial charge is 0.316 e. The van der Waals surface area contributed by atoms with Gasteiger partial charge in [-0.3, -0.25) is 9.59 Å². The molecule has 0 N–H and O–H groups in total. The van der Waals surface area contributed by atoms with Crippen LogP contribution in [-0.4, -0.2) is 38.0 Å². The Kier molecular flexibility index (Phi) is 4.86. The highest BCUT2D eigenvalue weighted by Gasteiger charge is 2.27. The number of thiophene rings is 1. The van der Waals surface area contributed by atoms with Crippen molar-refractivity contribution >= 4 is 45.1 Å². The number of aromatic nitrogens is 4. The second-order valence-electron chi connectivity index (χ2n) is 7.49. The molecule has 1 aromatic carbocycles. The number of nitrogens with zero attached hydrogens (tertiary/aromatic N) is 4. The van der Waals surface area contributed by atoms with Crippen LogP contribution in [0, 0.1) is 5.92 Å². The maximum Gasteiger partial charge on any atom is 0.316 e. The Hall–Kier alpha value is -2.65. The summed E-state index contributed by atoms with van der Waals surface area (Å²) in [5.41, 5.74) is 1.84. The number of ether oxygens (including phenoxy) is 1. The van der Waals surface area contributed by atoms with Crippen molar-refractivity contribution in [3.8, 4) is 5.69 Å². The summed E-state index contributed by atoms with van der Waals surface area (Å²) in [6.45, 7) is 2.25. The third-order valence-electron chi connectivity index (χ3n) is 5.49. The van der Waals surface area contributed by atoms with Crippen molar-refractivity contribution in [2.24, 2.45) is 5.92 Å². The largest absolute Gasteiger partial charge is 0.468 e. The van der Waals surface area contributed by atoms with E-state index in [-0.39, 0.29) is 17.3 Å². The zero-order valence-corrected chi connectivity index (χ0v) is 18.3. The summed E-state index contributed by atoms with van der Waals surface area (Å²) in [4.78, 5) is 27.5. The molecular formula is C21H20N4O3S2. The molecule has 4 aromatic rings. The Bertz CT molecular complexity index is 1320. The van der Waals surface area contributed by atoms with Gasteiger partial charge in [0.05, 0.1) is 23.9 Å². The Morgan fingerprint density at radius 2 is 2.10 bits per heavy atom. The number of fused-ring (bicyclic) bond motifs is 5. The highest BCUT2D eigenvalue weighted by Crippen LogP contribution is 2.38. The highest BCUT2D eigenvalue weighted by atomic mass is 32.2. The molecule has 1 atom stereocenters. The zero-order chi connectivity index (χ0) is 20.8. The van der Waals surface area contributed by atoms with Gasteiger partial charge in [-0.15, -0.1) is 21.5 Å². The Morgan fingerprint density at radius 3 is 2.87 bits per heavy atom. The van der Waals surface area contributed by atoms with Crippen molar-refractivity contribution in [1.29, 1.82) is 0 Å². The van der Waals surface area contributed by atoms with E-state index in [0.717, 1.165) is 40.7 Å². The van der Waals surface area contributed by atoms with Crippen LogP contribution in [0.15, 0.2) is 40.3 Å². The van der Waals surface area contributed by atoms with E-state index in [1.54, 1.807) is 15.9 Å². The van der Waals surface area contributed by atoms with Gasteiger partial charge in [0.15, 0.2) is 5.16 Å². The molecule has 0 saturated carbocycles. The van der Waals surface area contributed by atoms with E-state index in [1.807, 2.05) is 34.7 Å². The molecule has 0 saturated heterocycles. The van der Waals surface area contributed by atoms with Crippen LogP contribution in [0.5, 0.6) is 0 Å². The van der Waals surface area contributed by atoms with E-state index in [4.69, 9.17) is 4.74 Å². The first kappa shape index (κ1) is 19.3. The second-order valence-corrected chi connectivity index (χ2v) is 9.52. The predicted octanol–water partition coefficient (Wildman–Crippen LogP) is 3.48. The zero-order valence-electron chi connectivity index (χ0n) is 16.6. The molecule has 0 fully saturated rings. The van der Waals surface area contributed by atoms with Gasteiger partial charge in [-0.2, -0.15) is 0 Å². The van der Waals surface area contributed by atoms with Crippen LogP contribution in [0.4, 0.5) is 0 Å². The van der Waals surface area contributed by atoms with E-state index < -0.39 is 0 Å². The number of hydrogen-bond acceptors (Lipinski definition) is 7. The van der Waals surface area contributed by atoms with Gasteiger partial charge >= 0.3 is 5.97 Å². The third kappa shape index (κ3) is 3.04. The molecule has 1 aliphatic rings. The van der Waals surface area contributed by atoms with Crippen molar-refractivity contribution in [1.82, 2.24) is 19.2 Å². The van der Waals surface area contributed by atoms with Crippen molar-refractivity contribution in [3.05, 3.63) is 51.1 Å². The fourth-order valence-corrected chi connectivity index (χ4v) is 6.31. The topological polar surface area (TPSA) is 78.5 Å². The molecule has 1 unspecified atom stereocenters. The lowest BCUT2D eigenvalue weighted by molar-refractivity contribution is -0.137. The number of carbonyl (C=O) groups is 1. The van der Waals surface area contributed by atoms with Gasteiger partial charge in [0, 0.05) is 4.88 Å². The molecule has 0 bridgehead atoms. The van der Waals surface area contributed by atoms with E-state index in [2.05, 4.69) is 17.1 Å². The van der Waals surface area contributed by atoms with Gasteiger partial charge in [-0.25, -0.2) is 8.97 Å². The van der Waals surface area contributed by atoms with Crippen molar-refractivity contribution < 1.29 is 9.53 Å². The van der Waals surface area contributed by atoms with Crippen molar-refractivity contribution in [3.63, 3.8) is 0 Å². The van der Waals surface area contributed by atoms with Crippen LogP contribution in [-0.2, 0) is 22.4 Å². The molecule has 3 heterocycles. The number of thioether (sulfide) groups is 1. The maximum absolute atomic E-state index is 13.7. The molecule has 5 rings (SSSR count). The molecular weight excluding hydrogens is 420 g/mol. The SMILES string of the molecule is COC(=O)CSc1nnc2n(-c3ccccc3)c(=O)c3c4c(sc3n12)CC(C)CC4. The molecule has 154 valence electrons. The first-order valence-electron chi connectivity index (χ1n) is 9.78. The van der Waals surface area contributed by atoms with Gasteiger partial charge in [0.25, 0.3) is 5.56 Å². The number of hydrogen-bond donors (Lipinski definition) is 0. The van der Waals surface area contributed by atoms with Crippen LogP contribution in [0.1, 0.15) is 23.8 Å². The summed E-state index contributed by atoms with van der Waals surface area (Å²) in [6.07, 6.45) is 2.96. The number of rotatable bonds is 4. The second kappa shape index (κ2) is 7.55. The molecule has 0 radical (unpaired) electrons. The predicted molar refractivity (Wildman–Crippen MR) is 118 cm³/mol. The Morgan fingerprint density at radius 1 is 1.30 bits per heavy atom. The van der Waals surface area contributed by atoms with E-state index in [9.17, 15) is 9.59 Å². The van der Waals surface area contributed by atoms with Gasteiger partial charge < -0.3 is 4.74 Å². The average molecular weight is 441 g/mol. The van der Waals surface area contributed by atoms with Crippen LogP contribution in [0.2, 0.25) is 0 Å². The molecule has 7 nitrogen and oxygen atoms in total. The van der Waals surface area contributed by atoms with Gasteiger partial charge in [-0.05, 0) is 42.9 Å². The van der Waals surface area contributed by atoms with Crippen molar-refractivity contribution in [2.75, 3.05) is 12.9 Å². The standard InChI is InChI=1S/C21H20N4O3S2/c1-12-8-9-14-15(10-12)30-19-17(14)18(27)24(13-6-4-3-5-7-13)20-22-23-21(25(19)20)29-11-16(26)28-2/h3-7,12H,8-11H2,1-2H3. The molecule has 0 spiro atoms. The molecule has 3 aromatic heterocycles. The number of carbonyl (C=O) groups excluding carboxylic acids is 1. The van der Waals surface area contributed by atoms with Crippen LogP contribution < -0.4 is 5.56 Å². The first-order chi connectivity index (χ1) is 14.6. The van der Waals surface area contributed by atoms with Crippen molar-refractivity contribution in [2.45, 2.75) is 31.3 Å². The average Bonchev–Trinajstić information content (AvgIpc) is 3.34. The summed E-state index contributed by atoms with van der Waals surface area (Å²) in [5, 5.41) is 9.98. The quantitative estimate of drug-likeness (QED) is 0.357. The van der Waals surface area contributed by atoms with E-state index in [0.29, 0.717) is 16.9 Å². The molecule has 9 heteroatoms. The van der Waals surface area contributed by atoms with Gasteiger partial charge in [0.1, 0.15) is 4.83 Å². The minimum Gasteiger partial charge on any atom is -0.468 e. The summed E-state index contributed by atoms with van der Waals surface area (Å²) < 4.78 is 8.32. The van der Waals surface area contributed by atoms with Crippen LogP contribution in [0.25, 0.3) is 21.7 Å². The normalized spacial score (nSPS) is 16.1. The molecule has 0 aliphatic heterocycles. The summed E-state index contributed by atoms with van der Waals surface area (Å²) in [6, 6.07) is 9.50. The fourth-order valence-electron chi connectivity index (χ4n) is 3.99. The number of aryl methyl sites for hydroxylation is 1. The third-order valence-corrected chi connectivity index (χ3v) is 7.63. The lowest BCUT2D eigenvalue weighted by atomic mass is 9.89. The first-order valence-corrected chi connectivity index (χ1v) is 11.6. The maximum atomic E-state index is 13.7. The minimum absolute atomic E-state index is 0.0623. The summed E-state index contributed by atoms with van der Waals surface area (Å²) >= 11 is 2.92. The number of para-hydroxylation sites is 1. The van der Waals surface area contributed by atoms with E-state index in [1.165, 1.54) is 23.7 Å².